The van der Waals surface area contributed by atoms with Gasteiger partial charge in [-0.15, -0.1) is 24.0 Å². The summed E-state index contributed by atoms with van der Waals surface area (Å²) in [5.74, 6) is 0.518. The third kappa shape index (κ3) is 7.81. The van der Waals surface area contributed by atoms with Gasteiger partial charge in [0, 0.05) is 38.4 Å². The van der Waals surface area contributed by atoms with Crippen LogP contribution in [0.2, 0.25) is 0 Å². The molecule has 0 atom stereocenters. The SMILES string of the molecule is I.NC(=NCc1ccc(N2CCOCC2)cc1)NCCCN1CCOCC1. The molecule has 7 nitrogen and oxygen atoms in total. The monoisotopic (exact) mass is 489 g/mol. The number of guanidine groups is 1. The van der Waals surface area contributed by atoms with Crippen LogP contribution in [0.3, 0.4) is 0 Å². The highest BCUT2D eigenvalue weighted by atomic mass is 127. The Morgan fingerprint density at radius 2 is 1.63 bits per heavy atom. The number of hydrogen-bond acceptors (Lipinski definition) is 5. The minimum absolute atomic E-state index is 0. The lowest BCUT2D eigenvalue weighted by molar-refractivity contribution is 0.0376. The third-order valence-electron chi connectivity index (χ3n) is 4.81. The van der Waals surface area contributed by atoms with Gasteiger partial charge in [-0.05, 0) is 30.7 Å². The van der Waals surface area contributed by atoms with E-state index in [4.69, 9.17) is 15.2 Å². The highest BCUT2D eigenvalue weighted by Crippen LogP contribution is 2.17. The van der Waals surface area contributed by atoms with Gasteiger partial charge in [0.25, 0.3) is 0 Å². The first-order chi connectivity index (χ1) is 12.8. The van der Waals surface area contributed by atoms with Crippen molar-refractivity contribution in [3.05, 3.63) is 29.8 Å². The predicted octanol–water partition coefficient (Wildman–Crippen LogP) is 1.27. The average Bonchev–Trinajstić information content (AvgIpc) is 2.71. The lowest BCUT2D eigenvalue weighted by Crippen LogP contribution is -2.39. The quantitative estimate of drug-likeness (QED) is 0.260. The van der Waals surface area contributed by atoms with E-state index < -0.39 is 0 Å². The first kappa shape index (κ1) is 22.2. The number of nitrogens with zero attached hydrogens (tertiary/aromatic N) is 3. The zero-order valence-corrected chi connectivity index (χ0v) is 18.3. The number of anilines is 1. The molecule has 0 spiro atoms. The van der Waals surface area contributed by atoms with E-state index in [9.17, 15) is 0 Å². The van der Waals surface area contributed by atoms with Crippen LogP contribution < -0.4 is 16.0 Å². The smallest absolute Gasteiger partial charge is 0.188 e. The molecule has 0 aliphatic carbocycles. The maximum atomic E-state index is 5.97. The van der Waals surface area contributed by atoms with E-state index in [2.05, 4.69) is 44.4 Å². The van der Waals surface area contributed by atoms with Crippen molar-refractivity contribution in [2.45, 2.75) is 13.0 Å². The molecule has 0 radical (unpaired) electrons. The van der Waals surface area contributed by atoms with Crippen LogP contribution in [0, 0.1) is 0 Å². The summed E-state index contributed by atoms with van der Waals surface area (Å²) in [6.45, 7) is 9.81. The summed E-state index contributed by atoms with van der Waals surface area (Å²) in [7, 11) is 0. The van der Waals surface area contributed by atoms with Crippen molar-refractivity contribution in [3.63, 3.8) is 0 Å². The van der Waals surface area contributed by atoms with Crippen molar-refractivity contribution in [3.8, 4) is 0 Å². The van der Waals surface area contributed by atoms with Crippen LogP contribution in [0.1, 0.15) is 12.0 Å². The van der Waals surface area contributed by atoms with Crippen molar-refractivity contribution < 1.29 is 9.47 Å². The molecule has 1 aromatic rings. The predicted molar refractivity (Wildman–Crippen MR) is 120 cm³/mol. The van der Waals surface area contributed by atoms with Crippen LogP contribution >= 0.6 is 24.0 Å². The third-order valence-corrected chi connectivity index (χ3v) is 4.81. The fourth-order valence-electron chi connectivity index (χ4n) is 3.21. The molecule has 0 amide bonds. The van der Waals surface area contributed by atoms with E-state index in [1.807, 2.05) is 0 Å². The molecule has 0 unspecified atom stereocenters. The molecule has 27 heavy (non-hydrogen) atoms. The number of hydrogen-bond donors (Lipinski definition) is 2. The van der Waals surface area contributed by atoms with Crippen molar-refractivity contribution in [2.75, 3.05) is 70.6 Å². The van der Waals surface area contributed by atoms with E-state index in [1.54, 1.807) is 0 Å². The second kappa shape index (κ2) is 12.4. The van der Waals surface area contributed by atoms with Gasteiger partial charge >= 0.3 is 0 Å². The topological polar surface area (TPSA) is 75.3 Å². The van der Waals surface area contributed by atoms with Gasteiger partial charge in [0.2, 0.25) is 0 Å². The lowest BCUT2D eigenvalue weighted by atomic mass is 10.2. The Morgan fingerprint density at radius 1 is 1.00 bits per heavy atom. The maximum absolute atomic E-state index is 5.97. The summed E-state index contributed by atoms with van der Waals surface area (Å²) in [5, 5.41) is 3.20. The molecule has 0 aromatic heterocycles. The van der Waals surface area contributed by atoms with Gasteiger partial charge in [-0.3, -0.25) is 4.90 Å². The number of ether oxygens (including phenoxy) is 2. The number of nitrogens with one attached hydrogen (secondary N) is 1. The van der Waals surface area contributed by atoms with Gasteiger partial charge in [0.05, 0.1) is 33.0 Å². The Kier molecular flexibility index (Phi) is 10.2. The van der Waals surface area contributed by atoms with Gasteiger partial charge < -0.3 is 25.4 Å². The largest absolute Gasteiger partial charge is 0.379 e. The van der Waals surface area contributed by atoms with E-state index >= 15 is 0 Å². The van der Waals surface area contributed by atoms with E-state index in [0.717, 1.165) is 72.1 Å². The molecule has 1 aromatic carbocycles. The normalized spacial score (nSPS) is 18.8. The summed E-state index contributed by atoms with van der Waals surface area (Å²) in [4.78, 5) is 9.21. The standard InChI is InChI=1S/C19H31N5O2.HI/c20-19(21-6-1-7-23-8-12-25-13-9-23)22-16-17-2-4-18(5-3-17)24-10-14-26-15-11-24;/h2-5H,1,6-16H2,(H3,20,21,22);1H. The number of nitrogens with two attached hydrogens (primary N) is 1. The Hall–Kier alpha value is -1.10. The molecule has 0 saturated carbocycles. The van der Waals surface area contributed by atoms with Crippen LogP contribution in [0.5, 0.6) is 0 Å². The van der Waals surface area contributed by atoms with Gasteiger partial charge in [-0.2, -0.15) is 0 Å². The molecule has 2 fully saturated rings. The summed E-state index contributed by atoms with van der Waals surface area (Å²) in [6.07, 6.45) is 1.06. The van der Waals surface area contributed by atoms with Crippen LogP contribution in [-0.4, -0.2) is 76.6 Å². The Labute approximate surface area is 179 Å². The highest BCUT2D eigenvalue weighted by molar-refractivity contribution is 14.0. The lowest BCUT2D eigenvalue weighted by Gasteiger charge is -2.28. The summed E-state index contributed by atoms with van der Waals surface area (Å²) >= 11 is 0. The molecule has 152 valence electrons. The fraction of sp³-hybridized carbons (Fsp3) is 0.632. The number of benzene rings is 1. The highest BCUT2D eigenvalue weighted by Gasteiger charge is 2.11. The Bertz CT molecular complexity index is 558. The summed E-state index contributed by atoms with van der Waals surface area (Å²) in [5.41, 5.74) is 8.38. The van der Waals surface area contributed by atoms with Gasteiger partial charge in [-0.25, -0.2) is 4.99 Å². The number of morpholine rings is 2. The molecule has 8 heteroatoms. The van der Waals surface area contributed by atoms with Crippen molar-refractivity contribution in [2.24, 2.45) is 10.7 Å². The van der Waals surface area contributed by atoms with Crippen LogP contribution in [0.4, 0.5) is 5.69 Å². The molecule has 2 saturated heterocycles. The van der Waals surface area contributed by atoms with Crippen LogP contribution in [-0.2, 0) is 16.0 Å². The summed E-state index contributed by atoms with van der Waals surface area (Å²) < 4.78 is 10.8. The fourth-order valence-corrected chi connectivity index (χ4v) is 3.21. The molecular formula is C19H32IN5O2. The van der Waals surface area contributed by atoms with E-state index in [-0.39, 0.29) is 24.0 Å². The van der Waals surface area contributed by atoms with Gasteiger partial charge in [0.15, 0.2) is 5.96 Å². The maximum Gasteiger partial charge on any atom is 0.188 e. The molecule has 3 rings (SSSR count). The Morgan fingerprint density at radius 3 is 2.30 bits per heavy atom. The number of rotatable bonds is 7. The minimum atomic E-state index is 0. The van der Waals surface area contributed by atoms with E-state index in [0.29, 0.717) is 12.5 Å². The zero-order valence-electron chi connectivity index (χ0n) is 15.9. The van der Waals surface area contributed by atoms with Crippen LogP contribution in [0.15, 0.2) is 29.3 Å². The zero-order chi connectivity index (χ0) is 18.0. The first-order valence-electron chi connectivity index (χ1n) is 9.57. The molecular weight excluding hydrogens is 457 g/mol. The second-order valence-corrected chi connectivity index (χ2v) is 6.70. The van der Waals surface area contributed by atoms with Gasteiger partial charge in [-0.1, -0.05) is 12.1 Å². The number of halogens is 1. The molecule has 0 bridgehead atoms. The van der Waals surface area contributed by atoms with Gasteiger partial charge in [0.1, 0.15) is 0 Å². The molecule has 2 aliphatic heterocycles. The first-order valence-corrected chi connectivity index (χ1v) is 9.57. The molecule has 2 heterocycles. The van der Waals surface area contributed by atoms with E-state index in [1.165, 1.54) is 11.3 Å². The van der Waals surface area contributed by atoms with Crippen LogP contribution in [0.25, 0.3) is 0 Å². The Balaban J connectivity index is 0.00000261. The number of aliphatic imine (C=N–C) groups is 1. The minimum Gasteiger partial charge on any atom is -0.379 e. The average molecular weight is 489 g/mol. The van der Waals surface area contributed by atoms with Crippen molar-refractivity contribution in [1.82, 2.24) is 10.2 Å². The molecule has 3 N–H and O–H groups in total. The molecule has 2 aliphatic rings. The second-order valence-electron chi connectivity index (χ2n) is 6.70. The van der Waals surface area contributed by atoms with Crippen molar-refractivity contribution in [1.29, 1.82) is 0 Å². The van der Waals surface area contributed by atoms with Crippen molar-refractivity contribution >= 4 is 35.6 Å². The summed E-state index contributed by atoms with van der Waals surface area (Å²) in [6, 6.07) is 8.56.